The number of hydrogen-bond acceptors (Lipinski definition) is 18. The van der Waals surface area contributed by atoms with Crippen LogP contribution in [-0.2, 0) is 61.2 Å². The van der Waals surface area contributed by atoms with Crippen LogP contribution in [0.5, 0.6) is 5.75 Å². The van der Waals surface area contributed by atoms with Crippen LogP contribution in [0.4, 0.5) is 60.8 Å². The van der Waals surface area contributed by atoms with Crippen LogP contribution in [0.15, 0.2) is 144 Å². The van der Waals surface area contributed by atoms with E-state index in [0.717, 1.165) is 250 Å². The first-order valence-corrected chi connectivity index (χ1v) is 51.6. The Kier molecular flexibility index (Phi) is 38.9. The van der Waals surface area contributed by atoms with Crippen molar-refractivity contribution in [3.8, 4) is 11.8 Å². The minimum absolute atomic E-state index is 0.0000393. The summed E-state index contributed by atoms with van der Waals surface area (Å²) in [4.78, 5) is 84.7. The number of piperazine rings is 4. The maximum Gasteiger partial charge on any atom is 0.322 e. The Bertz CT molecular complexity index is 5570. The van der Waals surface area contributed by atoms with Gasteiger partial charge in [-0.05, 0) is 317 Å². The molecule has 6 N–H and O–H groups in total. The number of urea groups is 4. The van der Waals surface area contributed by atoms with E-state index >= 15 is 0 Å². The number of carbonyl (C=O) groups excluding carboxylic acids is 4. The third-order valence-electron chi connectivity index (χ3n) is 27.6. The second-order valence-electron chi connectivity index (χ2n) is 37.4. The number of aryl methyl sites for hydroxylation is 4. The second-order valence-corrected chi connectivity index (χ2v) is 41.4. The number of fused-ring (bicyclic) bond motifs is 4. The number of methoxy groups -OCH3 is 1. The number of likely N-dealkylation sites (N-methyl/N-ethyl adjacent to an activating group) is 4. The number of aromatic nitrogens is 1. The summed E-state index contributed by atoms with van der Waals surface area (Å²) in [5.41, 5.74) is 19.0. The van der Waals surface area contributed by atoms with Gasteiger partial charge in [-0.3, -0.25) is 0 Å². The largest absolute Gasteiger partial charge is 0.497 e. The van der Waals surface area contributed by atoms with Gasteiger partial charge in [0.05, 0.1) is 38.7 Å². The van der Waals surface area contributed by atoms with E-state index in [1.54, 1.807) is 43.5 Å². The number of nitrogen functional groups attached to an aromatic ring is 1. The number of carbonyl (C=O) groups is 4. The Morgan fingerprint density at radius 1 is 0.409 bits per heavy atom. The molecule has 35 heteroatoms. The van der Waals surface area contributed by atoms with E-state index in [1.807, 2.05) is 62.1 Å². The normalized spacial score (nSPS) is 19.0. The molecule has 8 aromatic rings. The van der Waals surface area contributed by atoms with E-state index in [0.29, 0.717) is 65.8 Å². The van der Waals surface area contributed by atoms with Gasteiger partial charge in [-0.1, -0.05) is 82.3 Å². The second kappa shape index (κ2) is 50.7. The van der Waals surface area contributed by atoms with Gasteiger partial charge in [0.1, 0.15) is 33.5 Å². The molecular weight excluding hydrogens is 1870 g/mol. The Balaban J connectivity index is 0.000000154. The summed E-state index contributed by atoms with van der Waals surface area (Å²) in [5, 5.41) is 21.3. The lowest BCUT2D eigenvalue weighted by molar-refractivity contribution is 0.140. The molecule has 4 atom stereocenters. The number of nitrogens with two attached hydrogens (primary N) is 1. The van der Waals surface area contributed by atoms with Crippen LogP contribution in [0.3, 0.4) is 0 Å². The standard InChI is InChI=1S/C26H31ClFN5O.C26H34ClFN4O2.C25H33Cl2N5O3S.C25H33ClFN5O/c1-31-11-13-32(14-12-31)9-2-10-33(26(34)30-22-6-8-25(28)24(27)17-22)23-7-5-20-15-19(18-29)3-4-21(20)16-23;1-30-12-14-31(15-13-30)10-3-11-32(26(33)29-21-6-9-25(28)24(27)18-21)22-7-4-20-17-23(34-2)8-5-19(20)16-22;1-30-10-12-31(13-11-30)8-3-9-32(25(33)28-20-16-23(26)29-24(27)17-20)21-6-4-18-5-7-22(36(2,34)35)15-19(18)14-21;1-30-11-13-31(14-12-30)9-2-10-32(25(33)29-21-6-8-24(27)23(26)17-21)22-7-4-18-3-5-20(28)15-19(18)16-22/h3-4,6,8,15,17,23H,2,5,7,9-14,16H2,1H3,(H,30,34);5-6,8-9,17-18,22H,3-4,7,10-16H2,1-2H3,(H,29,33);5,7,15-17,21H,3-4,6,8-14H2,1-2H3,(H,28,29,33);3,5-6,8,15,17,22H,2,4,7,9-14,16,28H2,1H3,(H,29,33). The van der Waals surface area contributed by atoms with Crippen LogP contribution in [0.1, 0.15) is 101 Å². The minimum Gasteiger partial charge on any atom is -0.497 e. The summed E-state index contributed by atoms with van der Waals surface area (Å²) in [6.45, 7) is 23.4. The summed E-state index contributed by atoms with van der Waals surface area (Å²) in [6.07, 6.45) is 14.6. The highest BCUT2D eigenvalue weighted by Crippen LogP contribution is 2.35. The molecule has 1 aromatic heterocycles. The number of hydrogen-bond donors (Lipinski definition) is 5. The molecule has 5 heterocycles. The van der Waals surface area contributed by atoms with E-state index in [9.17, 15) is 46.0 Å². The van der Waals surface area contributed by atoms with Crippen molar-refractivity contribution in [2.24, 2.45) is 0 Å². The molecule has 7 aromatic carbocycles. The maximum atomic E-state index is 13.6. The smallest absolute Gasteiger partial charge is 0.322 e. The van der Waals surface area contributed by atoms with Crippen molar-refractivity contribution in [3.05, 3.63) is 232 Å². The number of halogens is 8. The molecule has 0 spiro atoms. The van der Waals surface area contributed by atoms with Gasteiger partial charge in [-0.15, -0.1) is 0 Å². The highest BCUT2D eigenvalue weighted by Gasteiger charge is 2.35. The van der Waals surface area contributed by atoms with Crippen molar-refractivity contribution >= 4 is 120 Å². The van der Waals surface area contributed by atoms with E-state index < -0.39 is 27.3 Å². The zero-order valence-electron chi connectivity index (χ0n) is 79.5. The van der Waals surface area contributed by atoms with Crippen molar-refractivity contribution in [2.75, 3.05) is 226 Å². The van der Waals surface area contributed by atoms with E-state index in [2.05, 4.69) is 118 Å². The lowest BCUT2D eigenvalue weighted by Gasteiger charge is -2.37. The Morgan fingerprint density at radius 3 is 1.08 bits per heavy atom. The number of ether oxygens (including phenoxy) is 1. The molecule has 4 saturated heterocycles. The van der Waals surface area contributed by atoms with Crippen LogP contribution in [-0.4, -0.2) is 319 Å². The van der Waals surface area contributed by atoms with Crippen molar-refractivity contribution < 1.29 is 45.5 Å². The van der Waals surface area contributed by atoms with Crippen LogP contribution in [0.2, 0.25) is 25.4 Å². The zero-order valence-corrected chi connectivity index (χ0v) is 84.1. The minimum atomic E-state index is -3.30. The topological polar surface area (TPSA) is 261 Å². The Hall–Kier alpha value is -9.27. The third-order valence-corrected chi connectivity index (χ3v) is 30.0. The van der Waals surface area contributed by atoms with Crippen LogP contribution in [0, 0.1) is 28.8 Å². The van der Waals surface area contributed by atoms with Gasteiger partial charge in [0.2, 0.25) is 0 Å². The number of anilines is 5. The molecule has 137 heavy (non-hydrogen) atoms. The predicted molar refractivity (Wildman–Crippen MR) is 543 cm³/mol. The lowest BCUT2D eigenvalue weighted by atomic mass is 9.86. The van der Waals surface area contributed by atoms with Crippen molar-refractivity contribution in [1.29, 1.82) is 5.26 Å². The molecule has 4 aliphatic carbocycles. The summed E-state index contributed by atoms with van der Waals surface area (Å²) < 4.78 is 70.3. The highest BCUT2D eigenvalue weighted by molar-refractivity contribution is 7.90. The summed E-state index contributed by atoms with van der Waals surface area (Å²) in [6, 6.07) is 41.0. The summed E-state index contributed by atoms with van der Waals surface area (Å²) >= 11 is 29.8. The molecule has 16 rings (SSSR count). The predicted octanol–water partition coefficient (Wildman–Crippen LogP) is 16.8. The average Bonchev–Trinajstić information content (AvgIpc) is 0.791. The summed E-state index contributed by atoms with van der Waals surface area (Å²) in [5.74, 6) is -0.639. The summed E-state index contributed by atoms with van der Waals surface area (Å²) in [7, 11) is 6.97. The fourth-order valence-electron chi connectivity index (χ4n) is 19.4. The van der Waals surface area contributed by atoms with Crippen LogP contribution < -0.4 is 31.7 Å². The lowest BCUT2D eigenvalue weighted by Crippen LogP contribution is -2.48. The number of benzene rings is 7. The number of nitrogens with zero attached hydrogens (tertiary/aromatic N) is 14. The van der Waals surface area contributed by atoms with Gasteiger partial charge in [-0.2, -0.15) is 5.26 Å². The monoisotopic (exact) mass is 2000 g/mol. The van der Waals surface area contributed by atoms with E-state index in [4.69, 9.17) is 68.5 Å². The van der Waals surface area contributed by atoms with Gasteiger partial charge in [0.15, 0.2) is 9.84 Å². The van der Waals surface area contributed by atoms with Gasteiger partial charge < -0.3 is 90.5 Å². The molecule has 26 nitrogen and oxygen atoms in total. The average molecular weight is 2000 g/mol. The molecule has 0 bridgehead atoms. The molecule has 4 fully saturated rings. The quantitative estimate of drug-likeness (QED) is 0.0249. The SMILES string of the molecule is CN1CCN(CCCN(C(=O)Nc2cc(Cl)nc(Cl)c2)C2CCc3ccc(S(C)(=O)=O)cc3C2)CC1.CN1CCN(CCCN(C(=O)Nc2ccc(F)c(Cl)c2)C2CCc3cc(C#N)ccc3C2)CC1.CN1CCN(CCCN(C(=O)Nc2ccc(F)c(Cl)c2)C2CCc3ccc(N)cc3C2)CC1.COc1ccc2c(c1)CCC(N(CCCN1CCN(C)CC1)C(=O)Nc1ccc(F)c(Cl)c1)C2. The molecule has 0 radical (unpaired) electrons. The van der Waals surface area contributed by atoms with Gasteiger partial charge in [-0.25, -0.2) is 45.8 Å². The van der Waals surface area contributed by atoms with Gasteiger partial charge in [0.25, 0.3) is 0 Å². The molecule has 4 aliphatic heterocycles. The fraction of sp³-hybridized carbons (Fsp3) is 0.490. The fourth-order valence-corrected chi connectivity index (χ4v) is 21.1. The highest BCUT2D eigenvalue weighted by atomic mass is 35.5. The van der Waals surface area contributed by atoms with Gasteiger partial charge >= 0.3 is 24.1 Å². The van der Waals surface area contributed by atoms with Crippen LogP contribution in [0.25, 0.3) is 0 Å². The first-order valence-electron chi connectivity index (χ1n) is 47.8. The van der Waals surface area contributed by atoms with Crippen molar-refractivity contribution in [3.63, 3.8) is 0 Å². The molecule has 4 unspecified atom stereocenters. The number of nitrogens with one attached hydrogen (secondary N) is 4. The zero-order chi connectivity index (χ0) is 97.4. The van der Waals surface area contributed by atoms with Gasteiger partial charge in [0, 0.05) is 190 Å². The number of rotatable bonds is 26. The molecule has 738 valence electrons. The van der Waals surface area contributed by atoms with Crippen molar-refractivity contribution in [2.45, 2.75) is 132 Å². The first-order chi connectivity index (χ1) is 65.8. The number of nitriles is 1. The van der Waals surface area contributed by atoms with Crippen LogP contribution >= 0.6 is 58.0 Å². The Morgan fingerprint density at radius 2 is 0.730 bits per heavy atom. The number of pyridine rings is 1. The molecular formula is C102H131Cl5F3N19O7S. The van der Waals surface area contributed by atoms with E-state index in [1.165, 1.54) is 82.1 Å². The molecule has 0 saturated carbocycles. The van der Waals surface area contributed by atoms with E-state index in [-0.39, 0.29) is 73.7 Å². The first kappa shape index (κ1) is 105. The van der Waals surface area contributed by atoms with Crippen molar-refractivity contribution in [1.82, 2.24) is 63.8 Å². The molecule has 8 amide bonds. The number of sulfone groups is 1. The maximum absolute atomic E-state index is 13.6. The Labute approximate surface area is 831 Å². The molecule has 8 aliphatic rings. The third kappa shape index (κ3) is 31.1. The number of amides is 8.